The standard InChI is InChI=1S/C27H20F2N6O3/c28-19-8-4-2-6-16(19)14-35-23(21-9-10-38-34-21)12-22(33-35)26-30-13-20(29)25(32-26)31-24-17-7-3-1-5-15(17)11-18(24)27(36)37/h1-10,12-13,18,24H,11,14H2,(H,36,37)(H,30,31,32)/t18-,24?/m1/s1. The molecular formula is C27H20F2N6O3. The molecule has 190 valence electrons. The van der Waals surface area contributed by atoms with E-state index >= 15 is 0 Å². The van der Waals surface area contributed by atoms with Gasteiger partial charge in [0.15, 0.2) is 17.5 Å². The number of nitrogens with one attached hydrogen (secondary N) is 1. The lowest BCUT2D eigenvalue weighted by atomic mass is 10.0. The Kier molecular flexibility index (Phi) is 5.87. The number of carboxylic acids is 1. The van der Waals surface area contributed by atoms with Gasteiger partial charge in [0.25, 0.3) is 0 Å². The van der Waals surface area contributed by atoms with Gasteiger partial charge in [0.1, 0.15) is 23.5 Å². The molecule has 1 unspecified atom stereocenters. The smallest absolute Gasteiger partial charge is 0.309 e. The molecule has 11 heteroatoms. The van der Waals surface area contributed by atoms with Crippen LogP contribution in [-0.2, 0) is 17.8 Å². The van der Waals surface area contributed by atoms with E-state index in [1.165, 1.54) is 12.3 Å². The zero-order valence-corrected chi connectivity index (χ0v) is 19.8. The minimum atomic E-state index is -0.988. The second-order valence-electron chi connectivity index (χ2n) is 8.91. The molecule has 2 aromatic carbocycles. The fraction of sp³-hybridized carbons (Fsp3) is 0.148. The third-order valence-electron chi connectivity index (χ3n) is 6.57. The van der Waals surface area contributed by atoms with E-state index in [0.717, 1.165) is 17.3 Å². The van der Waals surface area contributed by atoms with Crippen LogP contribution in [0.4, 0.5) is 14.6 Å². The van der Waals surface area contributed by atoms with Crippen molar-refractivity contribution in [3.05, 3.63) is 101 Å². The number of carbonyl (C=O) groups is 1. The van der Waals surface area contributed by atoms with Crippen LogP contribution in [0.1, 0.15) is 22.7 Å². The van der Waals surface area contributed by atoms with E-state index in [9.17, 15) is 18.7 Å². The Morgan fingerprint density at radius 1 is 1.08 bits per heavy atom. The molecule has 0 aliphatic heterocycles. The molecule has 0 radical (unpaired) electrons. The molecule has 1 aliphatic carbocycles. The van der Waals surface area contributed by atoms with E-state index in [4.69, 9.17) is 4.52 Å². The summed E-state index contributed by atoms with van der Waals surface area (Å²) < 4.78 is 35.7. The molecule has 0 amide bonds. The van der Waals surface area contributed by atoms with Gasteiger partial charge >= 0.3 is 5.97 Å². The minimum absolute atomic E-state index is 0.0975. The van der Waals surface area contributed by atoms with Crippen molar-refractivity contribution in [3.8, 4) is 22.9 Å². The number of anilines is 1. The van der Waals surface area contributed by atoms with Crippen molar-refractivity contribution in [2.24, 2.45) is 5.92 Å². The van der Waals surface area contributed by atoms with Crippen molar-refractivity contribution in [1.29, 1.82) is 0 Å². The summed E-state index contributed by atoms with van der Waals surface area (Å²) in [5.41, 5.74) is 3.36. The zero-order valence-electron chi connectivity index (χ0n) is 19.8. The molecule has 1 aliphatic rings. The van der Waals surface area contributed by atoms with Crippen LogP contribution < -0.4 is 5.32 Å². The maximum atomic E-state index is 14.9. The summed E-state index contributed by atoms with van der Waals surface area (Å²) in [6.07, 6.45) is 2.74. The molecule has 9 nitrogen and oxygen atoms in total. The third kappa shape index (κ3) is 4.27. The Labute approximate surface area is 214 Å². The van der Waals surface area contributed by atoms with Crippen molar-refractivity contribution >= 4 is 11.8 Å². The second-order valence-corrected chi connectivity index (χ2v) is 8.91. The second kappa shape index (κ2) is 9.51. The Morgan fingerprint density at radius 3 is 2.68 bits per heavy atom. The molecule has 0 fully saturated rings. The highest BCUT2D eigenvalue weighted by molar-refractivity contribution is 5.74. The predicted molar refractivity (Wildman–Crippen MR) is 132 cm³/mol. The first-order valence-electron chi connectivity index (χ1n) is 11.8. The highest BCUT2D eigenvalue weighted by atomic mass is 19.1. The van der Waals surface area contributed by atoms with Crippen LogP contribution in [0.3, 0.4) is 0 Å². The number of rotatable bonds is 7. The number of hydrogen-bond acceptors (Lipinski definition) is 7. The Morgan fingerprint density at radius 2 is 1.89 bits per heavy atom. The fourth-order valence-electron chi connectivity index (χ4n) is 4.73. The Hall–Kier alpha value is -4.93. The molecule has 3 heterocycles. The first-order valence-corrected chi connectivity index (χ1v) is 11.8. The molecule has 0 spiro atoms. The number of fused-ring (bicyclic) bond motifs is 1. The van der Waals surface area contributed by atoms with Crippen LogP contribution >= 0.6 is 0 Å². The Bertz CT molecular complexity index is 1640. The monoisotopic (exact) mass is 514 g/mol. The highest BCUT2D eigenvalue weighted by Gasteiger charge is 2.38. The summed E-state index contributed by atoms with van der Waals surface area (Å²) in [6.45, 7) is 0.0975. The maximum absolute atomic E-state index is 14.9. The minimum Gasteiger partial charge on any atom is -0.481 e. The lowest BCUT2D eigenvalue weighted by Crippen LogP contribution is -2.25. The lowest BCUT2D eigenvalue weighted by Gasteiger charge is -2.20. The third-order valence-corrected chi connectivity index (χ3v) is 6.57. The number of halogens is 2. The van der Waals surface area contributed by atoms with Gasteiger partial charge < -0.3 is 14.9 Å². The van der Waals surface area contributed by atoms with Crippen molar-refractivity contribution in [2.45, 2.75) is 19.0 Å². The average Bonchev–Trinajstić information content (AvgIpc) is 3.66. The topological polar surface area (TPSA) is 119 Å². The molecule has 5 aromatic rings. The largest absolute Gasteiger partial charge is 0.481 e. The van der Waals surface area contributed by atoms with E-state index in [2.05, 4.69) is 25.5 Å². The van der Waals surface area contributed by atoms with E-state index in [0.29, 0.717) is 29.1 Å². The van der Waals surface area contributed by atoms with Gasteiger partial charge in [0.2, 0.25) is 0 Å². The van der Waals surface area contributed by atoms with Gasteiger partial charge in [-0.15, -0.1) is 0 Å². The van der Waals surface area contributed by atoms with Crippen LogP contribution in [0.2, 0.25) is 0 Å². The van der Waals surface area contributed by atoms with E-state index < -0.39 is 23.7 Å². The normalized spacial score (nSPS) is 16.4. The molecule has 0 bridgehead atoms. The molecule has 3 aromatic heterocycles. The summed E-state index contributed by atoms with van der Waals surface area (Å²) in [5.74, 6) is -2.94. The summed E-state index contributed by atoms with van der Waals surface area (Å²) >= 11 is 0. The van der Waals surface area contributed by atoms with Crippen LogP contribution in [0, 0.1) is 17.6 Å². The van der Waals surface area contributed by atoms with Gasteiger partial charge in [0, 0.05) is 11.6 Å². The number of aromatic nitrogens is 5. The van der Waals surface area contributed by atoms with Crippen LogP contribution in [-0.4, -0.2) is 36.0 Å². The quantitative estimate of drug-likeness (QED) is 0.320. The highest BCUT2D eigenvalue weighted by Crippen LogP contribution is 2.39. The Balaban J connectivity index is 1.37. The SMILES string of the molecule is O=C(O)[C@@H]1Cc2ccccc2C1Nc1nc(-c2cc(-c3ccon3)n(Cc3ccccc3F)n2)ncc1F. The first-order chi connectivity index (χ1) is 18.5. The van der Waals surface area contributed by atoms with Gasteiger partial charge in [-0.25, -0.2) is 18.7 Å². The van der Waals surface area contributed by atoms with Gasteiger partial charge in [-0.1, -0.05) is 47.6 Å². The molecule has 38 heavy (non-hydrogen) atoms. The van der Waals surface area contributed by atoms with E-state index in [-0.39, 0.29) is 24.0 Å². The molecular weight excluding hydrogens is 494 g/mol. The summed E-state index contributed by atoms with van der Waals surface area (Å²) in [7, 11) is 0. The van der Waals surface area contributed by atoms with E-state index in [1.54, 1.807) is 35.0 Å². The maximum Gasteiger partial charge on any atom is 0.309 e. The van der Waals surface area contributed by atoms with Crippen molar-refractivity contribution in [3.63, 3.8) is 0 Å². The molecule has 2 atom stereocenters. The molecule has 0 saturated heterocycles. The molecule has 6 rings (SSSR count). The summed E-state index contributed by atoms with van der Waals surface area (Å²) in [4.78, 5) is 20.4. The van der Waals surface area contributed by atoms with Crippen LogP contribution in [0.25, 0.3) is 22.9 Å². The summed E-state index contributed by atoms with van der Waals surface area (Å²) in [5, 5.41) is 21.3. The predicted octanol–water partition coefficient (Wildman–Crippen LogP) is 4.73. The lowest BCUT2D eigenvalue weighted by molar-refractivity contribution is -0.141. The van der Waals surface area contributed by atoms with E-state index in [1.807, 2.05) is 24.3 Å². The average molecular weight is 514 g/mol. The first kappa shape index (κ1) is 23.5. The number of carboxylic acid groups (broad SMARTS) is 1. The number of benzene rings is 2. The van der Waals surface area contributed by atoms with Gasteiger partial charge in [-0.2, -0.15) is 5.10 Å². The number of hydrogen-bond donors (Lipinski definition) is 2. The van der Waals surface area contributed by atoms with Crippen molar-refractivity contribution < 1.29 is 23.2 Å². The van der Waals surface area contributed by atoms with Crippen LogP contribution in [0.5, 0.6) is 0 Å². The van der Waals surface area contributed by atoms with Gasteiger partial charge in [0.05, 0.1) is 30.4 Å². The van der Waals surface area contributed by atoms with Gasteiger partial charge in [-0.05, 0) is 29.7 Å². The number of aliphatic carboxylic acids is 1. The van der Waals surface area contributed by atoms with Crippen molar-refractivity contribution in [2.75, 3.05) is 5.32 Å². The van der Waals surface area contributed by atoms with Crippen LogP contribution in [0.15, 0.2) is 77.6 Å². The summed E-state index contributed by atoms with van der Waals surface area (Å²) in [6, 6.07) is 16.3. The molecule has 2 N–H and O–H groups in total. The molecule has 0 saturated carbocycles. The number of nitrogens with zero attached hydrogens (tertiary/aromatic N) is 5. The zero-order chi connectivity index (χ0) is 26.2. The van der Waals surface area contributed by atoms with Gasteiger partial charge in [-0.3, -0.25) is 9.48 Å². The van der Waals surface area contributed by atoms with Crippen molar-refractivity contribution in [1.82, 2.24) is 24.9 Å². The fourth-order valence-corrected chi connectivity index (χ4v) is 4.73.